The standard InChI is InChI=1S/C30H38F3NO3/c1-2-19-5-11-25(12-6-19)37-27-14-8-21-16-20(7-13-26(21)28(27)30(31,32)33)4-3-15-34-23-9-10-24(34)18-22(17-23)29(35)36/h7-8,13-14,16,19,22-25H,2-6,9-12,15,17-18H2,1H3,(H,35,36). The van der Waals surface area contributed by atoms with Gasteiger partial charge in [0.2, 0.25) is 0 Å². The molecule has 0 radical (unpaired) electrons. The van der Waals surface area contributed by atoms with Crippen LogP contribution in [0.5, 0.6) is 5.75 Å². The summed E-state index contributed by atoms with van der Waals surface area (Å²) >= 11 is 0. The lowest BCUT2D eigenvalue weighted by Gasteiger charge is -2.37. The third-order valence-corrected chi connectivity index (χ3v) is 9.11. The maximum atomic E-state index is 14.2. The van der Waals surface area contributed by atoms with Crippen molar-refractivity contribution in [1.82, 2.24) is 4.90 Å². The first-order valence-electron chi connectivity index (χ1n) is 14.0. The normalized spacial score (nSPS) is 28.5. The molecule has 2 aromatic rings. The van der Waals surface area contributed by atoms with Crippen molar-refractivity contribution >= 4 is 16.7 Å². The van der Waals surface area contributed by atoms with E-state index in [0.29, 0.717) is 23.4 Å². The van der Waals surface area contributed by atoms with Crippen LogP contribution >= 0.6 is 0 Å². The van der Waals surface area contributed by atoms with Crippen molar-refractivity contribution in [3.63, 3.8) is 0 Å². The van der Waals surface area contributed by atoms with E-state index in [0.717, 1.165) is 82.7 Å². The van der Waals surface area contributed by atoms with Gasteiger partial charge in [-0.2, -0.15) is 13.2 Å². The predicted molar refractivity (Wildman–Crippen MR) is 138 cm³/mol. The van der Waals surface area contributed by atoms with Crippen LogP contribution in [0, 0.1) is 11.8 Å². The summed E-state index contributed by atoms with van der Waals surface area (Å²) in [6.45, 7) is 3.07. The van der Waals surface area contributed by atoms with Crippen molar-refractivity contribution < 1.29 is 27.8 Å². The van der Waals surface area contributed by atoms with E-state index in [1.54, 1.807) is 12.1 Å². The van der Waals surface area contributed by atoms with Gasteiger partial charge in [-0.25, -0.2) is 0 Å². The summed E-state index contributed by atoms with van der Waals surface area (Å²) in [5, 5.41) is 10.2. The molecule has 0 amide bonds. The highest BCUT2D eigenvalue weighted by Gasteiger charge is 2.42. The molecule has 0 spiro atoms. The predicted octanol–water partition coefficient (Wildman–Crippen LogP) is 7.47. The molecule has 2 aliphatic heterocycles. The van der Waals surface area contributed by atoms with E-state index in [1.807, 2.05) is 12.1 Å². The van der Waals surface area contributed by atoms with Crippen molar-refractivity contribution in [2.75, 3.05) is 6.54 Å². The van der Waals surface area contributed by atoms with Crippen molar-refractivity contribution in [2.24, 2.45) is 11.8 Å². The fourth-order valence-electron chi connectivity index (χ4n) is 7.05. The number of carbonyl (C=O) groups is 1. The smallest absolute Gasteiger partial charge is 0.420 e. The molecule has 2 bridgehead atoms. The molecule has 7 heteroatoms. The van der Waals surface area contributed by atoms with Crippen LogP contribution < -0.4 is 4.74 Å². The summed E-state index contributed by atoms with van der Waals surface area (Å²) < 4.78 is 48.5. The minimum Gasteiger partial charge on any atom is -0.490 e. The number of alkyl halides is 3. The Balaban J connectivity index is 1.26. The topological polar surface area (TPSA) is 49.8 Å². The molecular weight excluding hydrogens is 479 g/mol. The van der Waals surface area contributed by atoms with Gasteiger partial charge in [0.1, 0.15) is 11.3 Å². The van der Waals surface area contributed by atoms with Crippen LogP contribution in [0.25, 0.3) is 10.8 Å². The second kappa shape index (κ2) is 10.8. The second-order valence-electron chi connectivity index (χ2n) is 11.4. The van der Waals surface area contributed by atoms with Crippen LogP contribution in [0.2, 0.25) is 0 Å². The molecule has 2 atom stereocenters. The minimum atomic E-state index is -4.49. The average Bonchev–Trinajstić information content (AvgIpc) is 3.09. The number of hydrogen-bond acceptors (Lipinski definition) is 3. The number of carboxylic acid groups (broad SMARTS) is 1. The van der Waals surface area contributed by atoms with Gasteiger partial charge in [0, 0.05) is 12.1 Å². The number of fused-ring (bicyclic) bond motifs is 3. The van der Waals surface area contributed by atoms with E-state index in [9.17, 15) is 23.1 Å². The van der Waals surface area contributed by atoms with Crippen LogP contribution in [0.15, 0.2) is 30.3 Å². The molecule has 1 saturated carbocycles. The van der Waals surface area contributed by atoms with Crippen molar-refractivity contribution in [2.45, 2.75) is 102 Å². The Morgan fingerprint density at radius 2 is 1.73 bits per heavy atom. The molecule has 37 heavy (non-hydrogen) atoms. The van der Waals surface area contributed by atoms with Gasteiger partial charge in [-0.05, 0) is 99.1 Å². The van der Waals surface area contributed by atoms with Gasteiger partial charge in [-0.1, -0.05) is 37.6 Å². The number of halogens is 3. The summed E-state index contributed by atoms with van der Waals surface area (Å²) in [5.41, 5.74) is 0.368. The van der Waals surface area contributed by atoms with E-state index in [4.69, 9.17) is 4.74 Å². The number of aryl methyl sites for hydroxylation is 1. The lowest BCUT2D eigenvalue weighted by atomic mass is 9.86. The molecule has 4 nitrogen and oxygen atoms in total. The van der Waals surface area contributed by atoms with Gasteiger partial charge in [0.05, 0.1) is 12.0 Å². The Bertz CT molecular complexity index is 1100. The average molecular weight is 518 g/mol. The summed E-state index contributed by atoms with van der Waals surface area (Å²) in [6, 6.07) is 9.27. The van der Waals surface area contributed by atoms with Gasteiger partial charge in [0.15, 0.2) is 0 Å². The molecular formula is C30H38F3NO3. The van der Waals surface area contributed by atoms with Gasteiger partial charge < -0.3 is 9.84 Å². The Kier molecular flexibility index (Phi) is 7.71. The Morgan fingerprint density at radius 3 is 2.35 bits per heavy atom. The SMILES string of the molecule is CCC1CCC(Oc2ccc3cc(CCCN4C5CCC4CC(C(=O)O)C5)ccc3c2C(F)(F)F)CC1. The Morgan fingerprint density at radius 1 is 1.03 bits per heavy atom. The van der Waals surface area contributed by atoms with E-state index in [2.05, 4.69) is 11.8 Å². The molecule has 2 heterocycles. The highest BCUT2D eigenvalue weighted by atomic mass is 19.4. The van der Waals surface area contributed by atoms with E-state index < -0.39 is 17.7 Å². The molecule has 3 aliphatic rings. The van der Waals surface area contributed by atoms with Gasteiger partial charge in [-0.3, -0.25) is 9.69 Å². The van der Waals surface area contributed by atoms with Crippen molar-refractivity contribution in [3.8, 4) is 5.75 Å². The fraction of sp³-hybridized carbons (Fsp3) is 0.633. The van der Waals surface area contributed by atoms with Gasteiger partial charge in [0.25, 0.3) is 0 Å². The molecule has 1 aliphatic carbocycles. The first kappa shape index (κ1) is 26.3. The number of hydrogen-bond donors (Lipinski definition) is 1. The highest BCUT2D eigenvalue weighted by Crippen LogP contribution is 2.43. The summed E-state index contributed by atoms with van der Waals surface area (Å²) in [4.78, 5) is 13.9. The van der Waals surface area contributed by atoms with Crippen LogP contribution in [0.4, 0.5) is 13.2 Å². The number of ether oxygens (including phenoxy) is 1. The molecule has 3 fully saturated rings. The zero-order valence-corrected chi connectivity index (χ0v) is 21.6. The van der Waals surface area contributed by atoms with Crippen LogP contribution in [-0.4, -0.2) is 40.7 Å². The van der Waals surface area contributed by atoms with Crippen LogP contribution in [0.1, 0.15) is 82.3 Å². The molecule has 5 rings (SSSR count). The maximum absolute atomic E-state index is 14.2. The minimum absolute atomic E-state index is 0.0482. The molecule has 202 valence electrons. The van der Waals surface area contributed by atoms with Crippen molar-refractivity contribution in [3.05, 3.63) is 41.5 Å². The quantitative estimate of drug-likeness (QED) is 0.395. The lowest BCUT2D eigenvalue weighted by molar-refractivity contribution is -0.144. The maximum Gasteiger partial charge on any atom is 0.420 e. The summed E-state index contributed by atoms with van der Waals surface area (Å²) in [5.74, 6) is -0.294. The first-order chi connectivity index (χ1) is 17.7. The molecule has 2 unspecified atom stereocenters. The molecule has 2 saturated heterocycles. The Labute approximate surface area is 217 Å². The van der Waals surface area contributed by atoms with Gasteiger partial charge in [-0.15, -0.1) is 0 Å². The number of aliphatic carboxylic acids is 1. The first-order valence-corrected chi connectivity index (χ1v) is 14.0. The number of carboxylic acids is 1. The monoisotopic (exact) mass is 517 g/mol. The fourth-order valence-corrected chi connectivity index (χ4v) is 7.05. The number of piperidine rings is 1. The zero-order chi connectivity index (χ0) is 26.2. The summed E-state index contributed by atoms with van der Waals surface area (Å²) in [6.07, 6.45) is 5.39. The summed E-state index contributed by atoms with van der Waals surface area (Å²) in [7, 11) is 0. The zero-order valence-electron chi connectivity index (χ0n) is 21.6. The second-order valence-corrected chi connectivity index (χ2v) is 11.4. The van der Waals surface area contributed by atoms with Crippen molar-refractivity contribution in [1.29, 1.82) is 0 Å². The number of benzene rings is 2. The number of rotatable bonds is 8. The highest BCUT2D eigenvalue weighted by molar-refractivity contribution is 5.89. The molecule has 2 aromatic carbocycles. The third-order valence-electron chi connectivity index (χ3n) is 9.11. The Hall–Kier alpha value is -2.28. The van der Waals surface area contributed by atoms with Gasteiger partial charge >= 0.3 is 12.1 Å². The molecule has 0 aromatic heterocycles. The molecule has 1 N–H and O–H groups in total. The van der Waals surface area contributed by atoms with Crippen LogP contribution in [0.3, 0.4) is 0 Å². The lowest BCUT2D eigenvalue weighted by Crippen LogP contribution is -2.45. The number of nitrogens with zero attached hydrogens (tertiary/aromatic N) is 1. The van der Waals surface area contributed by atoms with E-state index in [1.165, 1.54) is 6.07 Å². The van der Waals surface area contributed by atoms with Crippen LogP contribution in [-0.2, 0) is 17.4 Å². The van der Waals surface area contributed by atoms with E-state index in [-0.39, 0.29) is 23.2 Å². The third kappa shape index (κ3) is 5.76. The van der Waals surface area contributed by atoms with E-state index >= 15 is 0 Å². The largest absolute Gasteiger partial charge is 0.490 e.